The summed E-state index contributed by atoms with van der Waals surface area (Å²) in [4.78, 5) is 0. The molecule has 0 N–H and O–H groups in total. The molecule has 0 bridgehead atoms. The van der Waals surface area contributed by atoms with E-state index in [9.17, 15) is 0 Å². The lowest BCUT2D eigenvalue weighted by Gasteiger charge is -2.27. The second-order valence-electron chi connectivity index (χ2n) is 3.13. The van der Waals surface area contributed by atoms with E-state index in [-0.39, 0.29) is 0 Å². The Hall–Kier alpha value is -0.283. The number of ether oxygens (including phenoxy) is 1. The summed E-state index contributed by atoms with van der Waals surface area (Å²) in [6.07, 6.45) is 1.47. The molecule has 0 aliphatic heterocycles. The fourth-order valence-electron chi connectivity index (χ4n) is 1.45. The van der Waals surface area contributed by atoms with Crippen molar-refractivity contribution >= 4 is 8.32 Å². The van der Waals surface area contributed by atoms with Gasteiger partial charge in [0, 0.05) is 0 Å². The minimum atomic E-state index is -1.38. The summed E-state index contributed by atoms with van der Waals surface area (Å²) in [6.45, 7) is 11.5. The van der Waals surface area contributed by atoms with Crippen LogP contribution < -0.4 is 0 Å². The summed E-state index contributed by atoms with van der Waals surface area (Å²) in [5.41, 5.74) is 0. The average Bonchev–Trinajstić information content (AvgIpc) is 2.20. The van der Waals surface area contributed by atoms with Crippen LogP contribution in [-0.4, -0.2) is 21.5 Å². The highest BCUT2D eigenvalue weighted by molar-refractivity contribution is 6.73. The van der Waals surface area contributed by atoms with Crippen LogP contribution in [0.3, 0.4) is 0 Å². The van der Waals surface area contributed by atoms with Gasteiger partial charge in [0.2, 0.25) is 0 Å². The van der Waals surface area contributed by atoms with Crippen LogP contribution >= 0.6 is 0 Å². The minimum absolute atomic E-state index is 0.637. The van der Waals surface area contributed by atoms with Crippen molar-refractivity contribution in [3.05, 3.63) is 12.8 Å². The molecule has 0 aromatic heterocycles. The molecule has 13 heavy (non-hydrogen) atoms. The lowest BCUT2D eigenvalue weighted by molar-refractivity contribution is 0.172. The average molecular weight is 202 g/mol. The van der Waals surface area contributed by atoms with Crippen molar-refractivity contribution in [1.82, 2.24) is 0 Å². The summed E-state index contributed by atoms with van der Waals surface area (Å²) < 4.78 is 11.0. The lowest BCUT2D eigenvalue weighted by atomic mass is 10.8. The number of hydrogen-bond donors (Lipinski definition) is 0. The Balaban J connectivity index is 3.74. The fraction of sp³-hybridized carbons (Fsp3) is 0.800. The summed E-state index contributed by atoms with van der Waals surface area (Å²) >= 11 is 0. The van der Waals surface area contributed by atoms with Gasteiger partial charge < -0.3 is 9.16 Å². The maximum atomic E-state index is 5.95. The van der Waals surface area contributed by atoms with Crippen LogP contribution in [0.25, 0.3) is 0 Å². The van der Waals surface area contributed by atoms with Gasteiger partial charge in [-0.2, -0.15) is 0 Å². The molecule has 0 rings (SSSR count). The van der Waals surface area contributed by atoms with E-state index in [1.807, 2.05) is 0 Å². The van der Waals surface area contributed by atoms with Gasteiger partial charge in [-0.1, -0.05) is 27.4 Å². The Morgan fingerprint density at radius 2 is 1.62 bits per heavy atom. The van der Waals surface area contributed by atoms with Crippen LogP contribution in [-0.2, 0) is 9.16 Å². The van der Waals surface area contributed by atoms with E-state index in [4.69, 9.17) is 9.16 Å². The zero-order chi connectivity index (χ0) is 10.2. The molecule has 3 heteroatoms. The van der Waals surface area contributed by atoms with E-state index in [0.29, 0.717) is 13.2 Å². The van der Waals surface area contributed by atoms with Gasteiger partial charge in [0.1, 0.15) is 6.61 Å². The molecule has 0 atom stereocenters. The first-order valence-electron chi connectivity index (χ1n) is 5.11. The molecule has 0 spiro atoms. The fourth-order valence-corrected chi connectivity index (χ4v) is 4.07. The molecule has 0 radical (unpaired) electrons. The van der Waals surface area contributed by atoms with Crippen molar-refractivity contribution in [3.8, 4) is 0 Å². The Bertz CT molecular complexity index is 125. The highest BCUT2D eigenvalue weighted by Crippen LogP contribution is 2.21. The van der Waals surface area contributed by atoms with Crippen molar-refractivity contribution in [1.29, 1.82) is 0 Å². The highest BCUT2D eigenvalue weighted by Gasteiger charge is 2.28. The Labute approximate surface area is 83.1 Å². The second kappa shape index (κ2) is 7.15. The van der Waals surface area contributed by atoms with Gasteiger partial charge in [-0.15, -0.1) is 0 Å². The van der Waals surface area contributed by atoms with Crippen molar-refractivity contribution in [2.24, 2.45) is 0 Å². The molecule has 2 nitrogen and oxygen atoms in total. The van der Waals surface area contributed by atoms with E-state index >= 15 is 0 Å². The third-order valence-electron chi connectivity index (χ3n) is 2.66. The van der Waals surface area contributed by atoms with Crippen molar-refractivity contribution in [3.63, 3.8) is 0 Å². The van der Waals surface area contributed by atoms with Crippen molar-refractivity contribution < 1.29 is 9.16 Å². The molecule has 78 valence electrons. The predicted octanol–water partition coefficient (Wildman–Crippen LogP) is 3.17. The van der Waals surface area contributed by atoms with Gasteiger partial charge in [-0.05, 0) is 18.1 Å². The SMILES string of the molecule is C=COCCO[Si](CC)(CC)CC. The van der Waals surface area contributed by atoms with Crippen LogP contribution in [0.2, 0.25) is 18.1 Å². The molecule has 0 saturated carbocycles. The van der Waals surface area contributed by atoms with Crippen LogP contribution in [0.1, 0.15) is 20.8 Å². The van der Waals surface area contributed by atoms with Crippen LogP contribution in [0, 0.1) is 0 Å². The summed E-state index contributed by atoms with van der Waals surface area (Å²) in [5.74, 6) is 0. The smallest absolute Gasteiger partial charge is 0.192 e. The van der Waals surface area contributed by atoms with Crippen LogP contribution in [0.4, 0.5) is 0 Å². The lowest BCUT2D eigenvalue weighted by Crippen LogP contribution is -2.36. The quantitative estimate of drug-likeness (QED) is 0.342. The maximum Gasteiger partial charge on any atom is 0.192 e. The van der Waals surface area contributed by atoms with Crippen LogP contribution in [0.5, 0.6) is 0 Å². The molecular formula is C10H22O2Si. The molecule has 0 aromatic rings. The number of hydrogen-bond acceptors (Lipinski definition) is 2. The Morgan fingerprint density at radius 1 is 1.08 bits per heavy atom. The van der Waals surface area contributed by atoms with E-state index < -0.39 is 8.32 Å². The first kappa shape index (κ1) is 12.7. The van der Waals surface area contributed by atoms with Gasteiger partial charge in [0.05, 0.1) is 12.9 Å². The zero-order valence-electron chi connectivity index (χ0n) is 9.14. The number of rotatable bonds is 8. The molecule has 0 aliphatic carbocycles. The van der Waals surface area contributed by atoms with E-state index in [0.717, 1.165) is 0 Å². The molecule has 0 aromatic carbocycles. The molecule has 0 saturated heterocycles. The van der Waals surface area contributed by atoms with Crippen molar-refractivity contribution in [2.45, 2.75) is 38.9 Å². The van der Waals surface area contributed by atoms with Crippen LogP contribution in [0.15, 0.2) is 12.8 Å². The van der Waals surface area contributed by atoms with Gasteiger partial charge in [0.15, 0.2) is 8.32 Å². The maximum absolute atomic E-state index is 5.95. The van der Waals surface area contributed by atoms with E-state index in [1.54, 1.807) is 0 Å². The first-order valence-corrected chi connectivity index (χ1v) is 7.64. The minimum Gasteiger partial charge on any atom is -0.499 e. The van der Waals surface area contributed by atoms with Gasteiger partial charge in [-0.25, -0.2) is 0 Å². The van der Waals surface area contributed by atoms with Gasteiger partial charge >= 0.3 is 0 Å². The summed E-state index contributed by atoms with van der Waals surface area (Å²) in [5, 5.41) is 0. The summed E-state index contributed by atoms with van der Waals surface area (Å²) in [6, 6.07) is 3.61. The monoisotopic (exact) mass is 202 g/mol. The molecule has 0 fully saturated rings. The molecule has 0 amide bonds. The molecule has 0 unspecified atom stereocenters. The third-order valence-corrected chi connectivity index (χ3v) is 7.34. The zero-order valence-corrected chi connectivity index (χ0v) is 10.1. The molecule has 0 heterocycles. The Kier molecular flexibility index (Phi) is 7.00. The van der Waals surface area contributed by atoms with E-state index in [2.05, 4.69) is 27.4 Å². The first-order chi connectivity index (χ1) is 6.24. The summed E-state index contributed by atoms with van der Waals surface area (Å²) in [7, 11) is -1.38. The van der Waals surface area contributed by atoms with Crippen molar-refractivity contribution in [2.75, 3.05) is 13.2 Å². The Morgan fingerprint density at radius 3 is 2.00 bits per heavy atom. The highest BCUT2D eigenvalue weighted by atomic mass is 28.4. The molecule has 0 aliphatic rings. The standard InChI is InChI=1S/C10H22O2Si/c1-5-11-9-10-12-13(6-2,7-3)8-4/h5H,1,6-10H2,2-4H3. The third kappa shape index (κ3) is 4.48. The predicted molar refractivity (Wildman–Crippen MR) is 59.3 cm³/mol. The normalized spacial score (nSPS) is 11.3. The second-order valence-corrected chi connectivity index (χ2v) is 7.91. The largest absolute Gasteiger partial charge is 0.499 e. The van der Waals surface area contributed by atoms with E-state index in [1.165, 1.54) is 24.4 Å². The topological polar surface area (TPSA) is 18.5 Å². The molecular weight excluding hydrogens is 180 g/mol. The van der Waals surface area contributed by atoms with Gasteiger partial charge in [-0.3, -0.25) is 0 Å². The van der Waals surface area contributed by atoms with Gasteiger partial charge in [0.25, 0.3) is 0 Å².